The molecule has 1 aliphatic rings. The standard InChI is InChI=1S/C30H33N3O3S2/c1-20(2)23-12-14-25(15-13-23)33(30-31-27-10-5-6-11-28(27)37-30)29(34)24-8-7-9-26(17-24)38(35,36)32-18-21(3)16-22(4)19-32/h5-15,17,20-22H,16,18-19H2,1-4H3/t21-,22-/m1/s1. The Labute approximate surface area is 229 Å². The van der Waals surface area contributed by atoms with Gasteiger partial charge in [0.05, 0.1) is 20.8 Å². The first-order valence-corrected chi connectivity index (χ1v) is 15.3. The quantitative estimate of drug-likeness (QED) is 0.259. The molecule has 6 nitrogen and oxygen atoms in total. The summed E-state index contributed by atoms with van der Waals surface area (Å²) in [6.07, 6.45) is 1.01. The topological polar surface area (TPSA) is 70.6 Å². The number of benzene rings is 3. The zero-order chi connectivity index (χ0) is 27.0. The van der Waals surface area contributed by atoms with Crippen LogP contribution < -0.4 is 4.90 Å². The van der Waals surface area contributed by atoms with Gasteiger partial charge in [0, 0.05) is 18.7 Å². The number of para-hydroxylation sites is 1. The average Bonchev–Trinajstić information content (AvgIpc) is 3.32. The number of anilines is 2. The van der Waals surface area contributed by atoms with Crippen molar-refractivity contribution < 1.29 is 13.2 Å². The Hall–Kier alpha value is -3.07. The Kier molecular flexibility index (Phi) is 7.40. The zero-order valence-electron chi connectivity index (χ0n) is 22.2. The molecule has 2 atom stereocenters. The van der Waals surface area contributed by atoms with Crippen molar-refractivity contribution >= 4 is 48.3 Å². The van der Waals surface area contributed by atoms with Crippen LogP contribution in [0.2, 0.25) is 0 Å². The summed E-state index contributed by atoms with van der Waals surface area (Å²) in [4.78, 5) is 20.6. The van der Waals surface area contributed by atoms with E-state index in [1.807, 2.05) is 48.5 Å². The van der Waals surface area contributed by atoms with E-state index in [9.17, 15) is 13.2 Å². The Morgan fingerprint density at radius 2 is 1.66 bits per heavy atom. The number of hydrogen-bond donors (Lipinski definition) is 0. The van der Waals surface area contributed by atoms with Crippen molar-refractivity contribution in [3.63, 3.8) is 0 Å². The second kappa shape index (κ2) is 10.6. The third kappa shape index (κ3) is 5.25. The number of hydrogen-bond acceptors (Lipinski definition) is 5. The van der Waals surface area contributed by atoms with Crippen molar-refractivity contribution in [3.05, 3.63) is 83.9 Å². The summed E-state index contributed by atoms with van der Waals surface area (Å²) in [5, 5.41) is 0.542. The first kappa shape index (κ1) is 26.5. The van der Waals surface area contributed by atoms with Crippen molar-refractivity contribution in [1.82, 2.24) is 9.29 Å². The van der Waals surface area contributed by atoms with Crippen LogP contribution in [0.5, 0.6) is 0 Å². The van der Waals surface area contributed by atoms with Gasteiger partial charge >= 0.3 is 0 Å². The fraction of sp³-hybridized carbons (Fsp3) is 0.333. The Morgan fingerprint density at radius 3 is 2.32 bits per heavy atom. The van der Waals surface area contributed by atoms with Gasteiger partial charge < -0.3 is 0 Å². The van der Waals surface area contributed by atoms with Gasteiger partial charge in [-0.05, 0) is 72.2 Å². The summed E-state index contributed by atoms with van der Waals surface area (Å²) in [6.45, 7) is 9.40. The highest BCUT2D eigenvalue weighted by Gasteiger charge is 2.32. The number of sulfonamides is 1. The molecule has 0 bridgehead atoms. The van der Waals surface area contributed by atoms with Gasteiger partial charge in [0.15, 0.2) is 5.13 Å². The van der Waals surface area contributed by atoms with Crippen molar-refractivity contribution in [2.24, 2.45) is 11.8 Å². The van der Waals surface area contributed by atoms with Gasteiger partial charge in [-0.15, -0.1) is 0 Å². The zero-order valence-corrected chi connectivity index (χ0v) is 23.8. The molecule has 5 rings (SSSR count). The largest absolute Gasteiger partial charge is 0.268 e. The van der Waals surface area contributed by atoms with Gasteiger partial charge in [-0.3, -0.25) is 9.69 Å². The average molecular weight is 548 g/mol. The summed E-state index contributed by atoms with van der Waals surface area (Å²) in [5.74, 6) is 0.625. The highest BCUT2D eigenvalue weighted by molar-refractivity contribution is 7.89. The van der Waals surface area contributed by atoms with Gasteiger partial charge in [0.2, 0.25) is 10.0 Å². The number of amides is 1. The van der Waals surface area contributed by atoms with E-state index in [1.54, 1.807) is 27.4 Å². The molecular weight excluding hydrogens is 514 g/mol. The summed E-state index contributed by atoms with van der Waals surface area (Å²) < 4.78 is 29.7. The lowest BCUT2D eigenvalue weighted by Crippen LogP contribution is -2.42. The molecule has 38 heavy (non-hydrogen) atoms. The van der Waals surface area contributed by atoms with E-state index in [-0.39, 0.29) is 10.8 Å². The van der Waals surface area contributed by atoms with E-state index in [1.165, 1.54) is 23.0 Å². The van der Waals surface area contributed by atoms with Gasteiger partial charge in [-0.25, -0.2) is 13.4 Å². The minimum Gasteiger partial charge on any atom is -0.268 e. The van der Waals surface area contributed by atoms with Crippen molar-refractivity contribution in [1.29, 1.82) is 0 Å². The molecule has 0 unspecified atom stereocenters. The monoisotopic (exact) mass is 547 g/mol. The smallest absolute Gasteiger partial charge is 0.264 e. The maximum absolute atomic E-state index is 14.1. The normalized spacial score (nSPS) is 18.7. The highest BCUT2D eigenvalue weighted by atomic mass is 32.2. The van der Waals surface area contributed by atoms with Gasteiger partial charge in [0.1, 0.15) is 0 Å². The molecule has 1 fully saturated rings. The summed E-state index contributed by atoms with van der Waals surface area (Å²) >= 11 is 1.43. The molecule has 1 aliphatic heterocycles. The van der Waals surface area contributed by atoms with Gasteiger partial charge in [-0.2, -0.15) is 4.31 Å². The number of rotatable bonds is 6. The number of thiazole rings is 1. The molecule has 1 saturated heterocycles. The highest BCUT2D eigenvalue weighted by Crippen LogP contribution is 2.36. The molecular formula is C30H33N3O3S2. The molecule has 0 N–H and O–H groups in total. The molecule has 2 heterocycles. The van der Waals surface area contributed by atoms with Crippen LogP contribution in [0.4, 0.5) is 10.8 Å². The number of fused-ring (bicyclic) bond motifs is 1. The van der Waals surface area contributed by atoms with E-state index in [0.29, 0.717) is 47.2 Å². The predicted molar refractivity (Wildman–Crippen MR) is 155 cm³/mol. The molecule has 198 valence electrons. The number of aromatic nitrogens is 1. The Morgan fingerprint density at radius 1 is 0.974 bits per heavy atom. The van der Waals surface area contributed by atoms with Crippen LogP contribution in [-0.2, 0) is 10.0 Å². The fourth-order valence-corrected chi connectivity index (χ4v) is 7.86. The van der Waals surface area contributed by atoms with Crippen molar-refractivity contribution in [2.45, 2.75) is 44.9 Å². The van der Waals surface area contributed by atoms with E-state index in [0.717, 1.165) is 16.6 Å². The van der Waals surface area contributed by atoms with Crippen LogP contribution in [0.15, 0.2) is 77.7 Å². The minimum absolute atomic E-state index is 0.143. The van der Waals surface area contributed by atoms with Crippen LogP contribution in [0.3, 0.4) is 0 Å². The Balaban J connectivity index is 1.55. The van der Waals surface area contributed by atoms with Crippen LogP contribution >= 0.6 is 11.3 Å². The predicted octanol–water partition coefficient (Wildman–Crippen LogP) is 7.06. The molecule has 3 aromatic carbocycles. The molecule has 0 radical (unpaired) electrons. The van der Waals surface area contributed by atoms with Crippen LogP contribution in [0.25, 0.3) is 10.2 Å². The lowest BCUT2D eigenvalue weighted by atomic mass is 9.94. The first-order chi connectivity index (χ1) is 18.1. The minimum atomic E-state index is -3.72. The number of nitrogens with zero attached hydrogens (tertiary/aromatic N) is 3. The van der Waals surface area contributed by atoms with Crippen molar-refractivity contribution in [2.75, 3.05) is 18.0 Å². The van der Waals surface area contributed by atoms with Crippen LogP contribution in [-0.4, -0.2) is 36.7 Å². The summed E-state index contributed by atoms with van der Waals surface area (Å²) in [5.41, 5.74) is 2.97. The maximum Gasteiger partial charge on any atom is 0.264 e. The lowest BCUT2D eigenvalue weighted by molar-refractivity contribution is 0.0999. The number of carbonyl (C=O) groups excluding carboxylic acids is 1. The second-order valence-electron chi connectivity index (χ2n) is 10.6. The van der Waals surface area contributed by atoms with E-state index in [4.69, 9.17) is 4.98 Å². The van der Waals surface area contributed by atoms with E-state index < -0.39 is 10.0 Å². The third-order valence-electron chi connectivity index (χ3n) is 7.05. The molecule has 0 aliphatic carbocycles. The molecule has 1 aromatic heterocycles. The lowest BCUT2D eigenvalue weighted by Gasteiger charge is -2.34. The molecule has 0 saturated carbocycles. The van der Waals surface area contributed by atoms with Crippen LogP contribution in [0.1, 0.15) is 56.0 Å². The van der Waals surface area contributed by atoms with Crippen LogP contribution in [0, 0.1) is 11.8 Å². The maximum atomic E-state index is 14.1. The summed E-state index contributed by atoms with van der Waals surface area (Å²) in [7, 11) is -3.72. The van der Waals surface area contributed by atoms with Gasteiger partial charge in [0.25, 0.3) is 5.91 Å². The van der Waals surface area contributed by atoms with E-state index in [2.05, 4.69) is 27.7 Å². The third-order valence-corrected chi connectivity index (χ3v) is 9.90. The molecule has 8 heteroatoms. The molecule has 0 spiro atoms. The molecule has 1 amide bonds. The van der Waals surface area contributed by atoms with Gasteiger partial charge in [-0.1, -0.05) is 69.4 Å². The number of piperidine rings is 1. The van der Waals surface area contributed by atoms with Crippen molar-refractivity contribution in [3.8, 4) is 0 Å². The molecule has 4 aromatic rings. The van der Waals surface area contributed by atoms with E-state index >= 15 is 0 Å². The first-order valence-electron chi connectivity index (χ1n) is 13.0. The fourth-order valence-electron chi connectivity index (χ4n) is 5.15. The number of carbonyl (C=O) groups is 1. The summed E-state index contributed by atoms with van der Waals surface area (Å²) in [6, 6.07) is 22.1. The Bertz CT molecular complexity index is 1520. The SMILES string of the molecule is CC(C)c1ccc(N(C(=O)c2cccc(S(=O)(=O)N3C[C@H](C)C[C@@H](C)C3)c2)c2nc3ccccc3s2)cc1. The second-order valence-corrected chi connectivity index (χ2v) is 13.6.